The van der Waals surface area contributed by atoms with Crippen LogP contribution in [0.15, 0.2) is 22.1 Å². The lowest BCUT2D eigenvalue weighted by molar-refractivity contribution is 0.0522. The molecule has 0 unspecified atom stereocenters. The molecule has 2 aromatic heterocycles. The first-order valence-electron chi connectivity index (χ1n) is 5.50. The van der Waals surface area contributed by atoms with Crippen LogP contribution in [0.25, 0.3) is 0 Å². The molecule has 2 N–H and O–H groups in total. The zero-order chi connectivity index (χ0) is 14.6. The van der Waals surface area contributed by atoms with Gasteiger partial charge in [-0.2, -0.15) is 10.1 Å². The molecule has 0 amide bonds. The molecular weight excluding hydrogens is 290 g/mol. The molecule has 0 saturated carbocycles. The van der Waals surface area contributed by atoms with E-state index in [9.17, 15) is 13.2 Å². The maximum Gasteiger partial charge on any atom is 0.342 e. The van der Waals surface area contributed by atoms with Gasteiger partial charge in [-0.05, 0) is 6.92 Å². The number of hydrogen-bond acceptors (Lipinski definition) is 8. The third-order valence-corrected chi connectivity index (χ3v) is 3.57. The minimum atomic E-state index is -3.98. The molecule has 0 fully saturated rings. The number of hydrogen-bond donors (Lipinski definition) is 2. The van der Waals surface area contributed by atoms with Crippen molar-refractivity contribution in [1.82, 2.24) is 25.1 Å². The van der Waals surface area contributed by atoms with Gasteiger partial charge in [0.05, 0.1) is 19.3 Å². The van der Waals surface area contributed by atoms with Crippen molar-refractivity contribution < 1.29 is 22.5 Å². The van der Waals surface area contributed by atoms with Crippen LogP contribution in [0.3, 0.4) is 0 Å². The molecule has 0 saturated heterocycles. The predicted octanol–water partition coefficient (Wildman–Crippen LogP) is -0.552. The number of esters is 1. The quantitative estimate of drug-likeness (QED) is 0.677. The summed E-state index contributed by atoms with van der Waals surface area (Å²) in [6, 6.07) is 0. The topological polar surface area (TPSA) is 140 Å². The summed E-state index contributed by atoms with van der Waals surface area (Å²) in [5.41, 5.74) is -0.174. The number of H-pyrrole nitrogens is 1. The van der Waals surface area contributed by atoms with Crippen LogP contribution in [0.1, 0.15) is 23.1 Å². The van der Waals surface area contributed by atoms with Crippen molar-refractivity contribution in [3.05, 3.63) is 24.0 Å². The molecule has 20 heavy (non-hydrogen) atoms. The molecule has 108 valence electrons. The Hall–Kier alpha value is -2.27. The normalized spacial score (nSPS) is 11.4. The van der Waals surface area contributed by atoms with Gasteiger partial charge in [0.1, 0.15) is 5.56 Å². The number of aromatic amines is 1. The minimum Gasteiger partial charge on any atom is -0.462 e. The molecule has 2 aromatic rings. The number of carbonyl (C=O) groups is 1. The Bertz CT molecular complexity index is 677. The third-order valence-electron chi connectivity index (χ3n) is 2.20. The second kappa shape index (κ2) is 5.79. The highest BCUT2D eigenvalue weighted by Crippen LogP contribution is 2.13. The van der Waals surface area contributed by atoms with E-state index in [4.69, 9.17) is 4.74 Å². The van der Waals surface area contributed by atoms with Crippen LogP contribution in [0.2, 0.25) is 0 Å². The third kappa shape index (κ3) is 3.00. The summed E-state index contributed by atoms with van der Waals surface area (Å²) in [7, 11) is -3.98. The van der Waals surface area contributed by atoms with Crippen molar-refractivity contribution in [2.45, 2.75) is 18.5 Å². The van der Waals surface area contributed by atoms with Crippen LogP contribution in [-0.2, 0) is 21.3 Å². The molecule has 10 nitrogen and oxygen atoms in total. The first-order chi connectivity index (χ1) is 9.54. The molecule has 0 radical (unpaired) electrons. The van der Waals surface area contributed by atoms with Gasteiger partial charge in [0.2, 0.25) is 6.39 Å². The van der Waals surface area contributed by atoms with Crippen LogP contribution < -0.4 is 4.72 Å². The molecule has 2 heterocycles. The van der Waals surface area contributed by atoms with Gasteiger partial charge in [-0.25, -0.2) is 17.9 Å². The molecule has 0 aliphatic heterocycles. The highest BCUT2D eigenvalue weighted by atomic mass is 32.2. The summed E-state index contributed by atoms with van der Waals surface area (Å²) in [4.78, 5) is 15.3. The first kappa shape index (κ1) is 14.1. The summed E-state index contributed by atoms with van der Waals surface area (Å²) in [6.45, 7) is 1.56. The standard InChI is InChI=1S/C9H11N5O5S/c1-2-18-9(15)6-3-11-13-8(6)20(16,17)12-4-7-10-5-19-14-7/h3,5,12H,2,4H2,1H3,(H,11,13). The number of carbonyl (C=O) groups excluding carboxylic acids is 1. The van der Waals surface area contributed by atoms with Crippen molar-refractivity contribution in [3.63, 3.8) is 0 Å². The van der Waals surface area contributed by atoms with Crippen LogP contribution in [0, 0.1) is 0 Å². The number of nitrogens with zero attached hydrogens (tertiary/aromatic N) is 3. The van der Waals surface area contributed by atoms with Crippen molar-refractivity contribution in [2.24, 2.45) is 0 Å². The summed E-state index contributed by atoms with van der Waals surface area (Å²) in [6.07, 6.45) is 2.16. The Morgan fingerprint density at radius 1 is 1.55 bits per heavy atom. The molecule has 0 atom stereocenters. The zero-order valence-electron chi connectivity index (χ0n) is 10.4. The summed E-state index contributed by atoms with van der Waals surface area (Å²) >= 11 is 0. The Morgan fingerprint density at radius 2 is 2.35 bits per heavy atom. The monoisotopic (exact) mass is 301 g/mol. The van der Waals surface area contributed by atoms with E-state index in [1.165, 1.54) is 0 Å². The van der Waals surface area contributed by atoms with Gasteiger partial charge in [0.25, 0.3) is 10.0 Å². The number of nitrogens with one attached hydrogen (secondary N) is 2. The van der Waals surface area contributed by atoms with E-state index in [0.717, 1.165) is 12.6 Å². The molecular formula is C9H11N5O5S. The smallest absolute Gasteiger partial charge is 0.342 e. The maximum atomic E-state index is 12.0. The number of sulfonamides is 1. The lowest BCUT2D eigenvalue weighted by Gasteiger charge is -2.05. The van der Waals surface area contributed by atoms with E-state index >= 15 is 0 Å². The van der Waals surface area contributed by atoms with E-state index in [2.05, 4.69) is 29.6 Å². The molecule has 11 heteroatoms. The van der Waals surface area contributed by atoms with E-state index in [1.807, 2.05) is 0 Å². The first-order valence-corrected chi connectivity index (χ1v) is 6.98. The van der Waals surface area contributed by atoms with Crippen molar-refractivity contribution in [1.29, 1.82) is 0 Å². The Balaban J connectivity index is 2.17. The Kier molecular flexibility index (Phi) is 4.10. The van der Waals surface area contributed by atoms with Crippen LogP contribution >= 0.6 is 0 Å². The van der Waals surface area contributed by atoms with E-state index in [1.54, 1.807) is 6.92 Å². The average Bonchev–Trinajstić information content (AvgIpc) is 3.08. The number of rotatable bonds is 6. The fraction of sp³-hybridized carbons (Fsp3) is 0.333. The highest BCUT2D eigenvalue weighted by molar-refractivity contribution is 7.89. The van der Waals surface area contributed by atoms with Crippen LogP contribution in [-0.4, -0.2) is 41.3 Å². The van der Waals surface area contributed by atoms with E-state index in [-0.39, 0.29) is 29.6 Å². The van der Waals surface area contributed by atoms with Crippen LogP contribution in [0.4, 0.5) is 0 Å². The van der Waals surface area contributed by atoms with Gasteiger partial charge in [-0.3, -0.25) is 5.10 Å². The molecule has 0 spiro atoms. The summed E-state index contributed by atoms with van der Waals surface area (Å²) in [5.74, 6) is -0.619. The largest absolute Gasteiger partial charge is 0.462 e. The van der Waals surface area contributed by atoms with E-state index < -0.39 is 16.0 Å². The molecule has 0 aliphatic rings. The second-order valence-electron chi connectivity index (χ2n) is 3.51. The summed E-state index contributed by atoms with van der Waals surface area (Å²) < 4.78 is 35.5. The highest BCUT2D eigenvalue weighted by Gasteiger charge is 2.26. The molecule has 2 rings (SSSR count). The average molecular weight is 301 g/mol. The fourth-order valence-corrected chi connectivity index (χ4v) is 2.40. The lowest BCUT2D eigenvalue weighted by atomic mass is 10.4. The van der Waals surface area contributed by atoms with Crippen molar-refractivity contribution in [3.8, 4) is 0 Å². The number of aromatic nitrogens is 4. The Labute approximate surface area is 113 Å². The van der Waals surface area contributed by atoms with Gasteiger partial charge in [-0.1, -0.05) is 5.16 Å². The molecule has 0 aliphatic carbocycles. The van der Waals surface area contributed by atoms with Gasteiger partial charge in [0, 0.05) is 0 Å². The second-order valence-corrected chi connectivity index (χ2v) is 5.21. The van der Waals surface area contributed by atoms with Gasteiger partial charge in [-0.15, -0.1) is 0 Å². The lowest BCUT2D eigenvalue weighted by Crippen LogP contribution is -2.26. The van der Waals surface area contributed by atoms with Crippen molar-refractivity contribution >= 4 is 16.0 Å². The SMILES string of the molecule is CCOC(=O)c1cn[nH]c1S(=O)(=O)NCc1ncon1. The van der Waals surface area contributed by atoms with Gasteiger partial charge < -0.3 is 9.26 Å². The van der Waals surface area contributed by atoms with E-state index in [0.29, 0.717) is 0 Å². The Morgan fingerprint density at radius 3 is 3.00 bits per heavy atom. The van der Waals surface area contributed by atoms with Crippen molar-refractivity contribution in [2.75, 3.05) is 6.61 Å². The molecule has 0 aromatic carbocycles. The van der Waals surface area contributed by atoms with Crippen LogP contribution in [0.5, 0.6) is 0 Å². The summed E-state index contributed by atoms with van der Waals surface area (Å²) in [5, 5.41) is 8.87. The predicted molar refractivity (Wildman–Crippen MR) is 62.9 cm³/mol. The maximum absolute atomic E-state index is 12.0. The fourth-order valence-electron chi connectivity index (χ4n) is 1.34. The zero-order valence-corrected chi connectivity index (χ0v) is 11.2. The van der Waals surface area contributed by atoms with Gasteiger partial charge in [0.15, 0.2) is 10.9 Å². The molecule has 0 bridgehead atoms. The van der Waals surface area contributed by atoms with Gasteiger partial charge >= 0.3 is 5.97 Å². The number of ether oxygens (including phenoxy) is 1. The minimum absolute atomic E-state index is 0.125.